The van der Waals surface area contributed by atoms with Crippen LogP contribution in [0.4, 0.5) is 0 Å². The fourth-order valence-electron chi connectivity index (χ4n) is 3.21. The highest BCUT2D eigenvalue weighted by Crippen LogP contribution is 2.35. The summed E-state index contributed by atoms with van der Waals surface area (Å²) in [6, 6.07) is 5.25. The zero-order valence-electron chi connectivity index (χ0n) is 13.9. The van der Waals surface area contributed by atoms with E-state index in [4.69, 9.17) is 4.74 Å². The van der Waals surface area contributed by atoms with E-state index in [0.717, 1.165) is 18.8 Å². The molecular weight excluding hydrogens is 280 g/mol. The summed E-state index contributed by atoms with van der Waals surface area (Å²) in [6.45, 7) is 8.63. The van der Waals surface area contributed by atoms with E-state index in [2.05, 4.69) is 61.9 Å². The zero-order valence-corrected chi connectivity index (χ0v) is 14.7. The Morgan fingerprint density at radius 1 is 1.43 bits per heavy atom. The minimum absolute atomic E-state index is 0.323. The molecule has 1 fully saturated rings. The number of likely N-dealkylation sites (N-methyl/N-ethyl adjacent to an activating group) is 2. The van der Waals surface area contributed by atoms with Crippen molar-refractivity contribution in [2.45, 2.75) is 32.9 Å². The van der Waals surface area contributed by atoms with Crippen molar-refractivity contribution < 1.29 is 4.74 Å². The van der Waals surface area contributed by atoms with Gasteiger partial charge in [-0.1, -0.05) is 13.0 Å². The summed E-state index contributed by atoms with van der Waals surface area (Å²) in [5, 5.41) is 3.70. The summed E-state index contributed by atoms with van der Waals surface area (Å²) in [7, 11) is 4.02. The van der Waals surface area contributed by atoms with Gasteiger partial charge in [0.05, 0.1) is 13.2 Å². The molecule has 0 saturated carbocycles. The van der Waals surface area contributed by atoms with Crippen LogP contribution in [0, 0.1) is 13.8 Å². The van der Waals surface area contributed by atoms with Gasteiger partial charge in [-0.3, -0.25) is 4.90 Å². The van der Waals surface area contributed by atoms with Crippen molar-refractivity contribution in [1.82, 2.24) is 10.2 Å². The number of methoxy groups -OCH3 is 1. The molecule has 2 atom stereocenters. The zero-order chi connectivity index (χ0) is 15.4. The van der Waals surface area contributed by atoms with Gasteiger partial charge in [-0.05, 0) is 44.6 Å². The lowest BCUT2D eigenvalue weighted by atomic mass is 9.92. The van der Waals surface area contributed by atoms with E-state index in [9.17, 15) is 0 Å². The minimum atomic E-state index is 0.323. The van der Waals surface area contributed by atoms with Crippen LogP contribution in [0.1, 0.15) is 29.7 Å². The number of hydrogen-bond acceptors (Lipinski definition) is 4. The van der Waals surface area contributed by atoms with Crippen molar-refractivity contribution in [2.24, 2.45) is 0 Å². The van der Waals surface area contributed by atoms with Crippen LogP contribution in [0.15, 0.2) is 12.1 Å². The van der Waals surface area contributed by atoms with E-state index >= 15 is 0 Å². The molecule has 0 spiro atoms. The predicted octanol–water partition coefficient (Wildman–Crippen LogP) is 3.01. The third-order valence-corrected chi connectivity index (χ3v) is 5.32. The summed E-state index contributed by atoms with van der Waals surface area (Å²) in [5.74, 6) is 3.42. The molecule has 0 bridgehead atoms. The molecule has 21 heavy (non-hydrogen) atoms. The van der Waals surface area contributed by atoms with Gasteiger partial charge in [0.2, 0.25) is 0 Å². The number of benzene rings is 1. The molecule has 1 heterocycles. The minimum Gasteiger partial charge on any atom is -0.496 e. The second-order valence-electron chi connectivity index (χ2n) is 5.86. The van der Waals surface area contributed by atoms with Gasteiger partial charge in [-0.25, -0.2) is 0 Å². The van der Waals surface area contributed by atoms with Crippen molar-refractivity contribution in [2.75, 3.05) is 38.8 Å². The number of rotatable bonds is 5. The maximum absolute atomic E-state index is 5.70. The number of nitrogens with one attached hydrogen (secondary N) is 1. The van der Waals surface area contributed by atoms with Crippen LogP contribution in [0.5, 0.6) is 5.75 Å². The molecule has 3 nitrogen and oxygen atoms in total. The Kier molecular flexibility index (Phi) is 5.97. The summed E-state index contributed by atoms with van der Waals surface area (Å²) in [6.07, 6.45) is 0. The third kappa shape index (κ3) is 3.74. The fourth-order valence-corrected chi connectivity index (χ4v) is 4.49. The number of thioether (sulfide) groups is 1. The van der Waals surface area contributed by atoms with E-state index in [-0.39, 0.29) is 0 Å². The molecule has 2 unspecified atom stereocenters. The van der Waals surface area contributed by atoms with Crippen molar-refractivity contribution in [3.05, 3.63) is 28.8 Å². The van der Waals surface area contributed by atoms with Crippen LogP contribution in [0.2, 0.25) is 0 Å². The number of hydrogen-bond donors (Lipinski definition) is 1. The molecule has 118 valence electrons. The summed E-state index contributed by atoms with van der Waals surface area (Å²) in [5.41, 5.74) is 3.90. The van der Waals surface area contributed by atoms with E-state index in [1.807, 2.05) is 0 Å². The summed E-state index contributed by atoms with van der Waals surface area (Å²) in [4.78, 5) is 2.49. The summed E-state index contributed by atoms with van der Waals surface area (Å²) < 4.78 is 5.70. The van der Waals surface area contributed by atoms with Crippen molar-refractivity contribution in [3.63, 3.8) is 0 Å². The van der Waals surface area contributed by atoms with Crippen molar-refractivity contribution in [1.29, 1.82) is 0 Å². The molecule has 1 aliphatic rings. The van der Waals surface area contributed by atoms with Crippen LogP contribution in [-0.4, -0.2) is 49.7 Å². The van der Waals surface area contributed by atoms with E-state index < -0.39 is 0 Å². The molecule has 1 aliphatic heterocycles. The average Bonchev–Trinajstić information content (AvgIpc) is 2.45. The Hall–Kier alpha value is -0.710. The Bertz CT molecular complexity index is 478. The lowest BCUT2D eigenvalue weighted by molar-refractivity contribution is 0.214. The Morgan fingerprint density at radius 3 is 2.81 bits per heavy atom. The Balaban J connectivity index is 2.42. The highest BCUT2D eigenvalue weighted by Gasteiger charge is 2.31. The van der Waals surface area contributed by atoms with Crippen LogP contribution in [-0.2, 0) is 0 Å². The molecule has 0 amide bonds. The van der Waals surface area contributed by atoms with Gasteiger partial charge in [0, 0.05) is 29.7 Å². The molecule has 1 aromatic carbocycles. The molecule has 1 aromatic rings. The average molecular weight is 308 g/mol. The predicted molar refractivity (Wildman–Crippen MR) is 92.6 cm³/mol. The maximum Gasteiger partial charge on any atom is 0.124 e. The van der Waals surface area contributed by atoms with Crippen LogP contribution in [0.25, 0.3) is 0 Å². The van der Waals surface area contributed by atoms with Gasteiger partial charge in [0.25, 0.3) is 0 Å². The number of ether oxygens (including phenoxy) is 1. The highest BCUT2D eigenvalue weighted by molar-refractivity contribution is 7.99. The first-order valence-electron chi connectivity index (χ1n) is 7.75. The van der Waals surface area contributed by atoms with Crippen LogP contribution in [0.3, 0.4) is 0 Å². The Labute approximate surface area is 133 Å². The number of aryl methyl sites for hydroxylation is 2. The van der Waals surface area contributed by atoms with Gasteiger partial charge in [0.15, 0.2) is 0 Å². The first-order valence-corrected chi connectivity index (χ1v) is 8.90. The second-order valence-corrected chi connectivity index (χ2v) is 7.01. The van der Waals surface area contributed by atoms with Crippen molar-refractivity contribution >= 4 is 11.8 Å². The monoisotopic (exact) mass is 308 g/mol. The molecule has 0 radical (unpaired) electrons. The fraction of sp³-hybridized carbons (Fsp3) is 0.647. The van der Waals surface area contributed by atoms with Crippen molar-refractivity contribution in [3.8, 4) is 5.75 Å². The van der Waals surface area contributed by atoms with Crippen LogP contribution >= 0.6 is 11.8 Å². The van der Waals surface area contributed by atoms with E-state index in [1.54, 1.807) is 7.11 Å². The lowest BCUT2D eigenvalue weighted by Gasteiger charge is -2.39. The van der Waals surface area contributed by atoms with Gasteiger partial charge in [-0.15, -0.1) is 0 Å². The largest absolute Gasteiger partial charge is 0.496 e. The third-order valence-electron chi connectivity index (χ3n) is 4.28. The number of nitrogens with zero attached hydrogens (tertiary/aromatic N) is 1. The first-order chi connectivity index (χ1) is 10.1. The smallest absolute Gasteiger partial charge is 0.124 e. The molecule has 1 saturated heterocycles. The topological polar surface area (TPSA) is 24.5 Å². The molecular formula is C17H28N2OS. The highest BCUT2D eigenvalue weighted by atomic mass is 32.2. The van der Waals surface area contributed by atoms with E-state index in [0.29, 0.717) is 12.1 Å². The van der Waals surface area contributed by atoms with E-state index in [1.165, 1.54) is 28.2 Å². The summed E-state index contributed by atoms with van der Waals surface area (Å²) >= 11 is 2.06. The molecule has 2 rings (SSSR count). The normalized spacial score (nSPS) is 21.3. The molecule has 4 heteroatoms. The molecule has 0 aromatic heterocycles. The van der Waals surface area contributed by atoms with Gasteiger partial charge >= 0.3 is 0 Å². The van der Waals surface area contributed by atoms with Gasteiger partial charge in [0.1, 0.15) is 5.75 Å². The molecule has 1 N–H and O–H groups in total. The quantitative estimate of drug-likeness (QED) is 0.904. The molecule has 0 aliphatic carbocycles. The first kappa shape index (κ1) is 16.7. The maximum atomic E-state index is 5.70. The van der Waals surface area contributed by atoms with Crippen LogP contribution < -0.4 is 10.1 Å². The second kappa shape index (κ2) is 7.52. The Morgan fingerprint density at radius 2 is 2.19 bits per heavy atom. The van der Waals surface area contributed by atoms with Gasteiger partial charge in [-0.2, -0.15) is 11.8 Å². The standard InChI is InChI=1S/C17H28N2OS/c1-6-18-17(14-11-21-8-7-19(14)4)16-13(3)9-12(2)10-15(16)20-5/h9-10,14,17-18H,6-8,11H2,1-5H3. The SMILES string of the molecule is CCNC(c1c(C)cc(C)cc1OC)C1CSCCN1C. The van der Waals surface area contributed by atoms with Gasteiger partial charge < -0.3 is 10.1 Å². The lowest BCUT2D eigenvalue weighted by Crippen LogP contribution is -2.48.